The Hall–Kier alpha value is -2.01. The Kier molecular flexibility index (Phi) is 9.54. The van der Waals surface area contributed by atoms with Gasteiger partial charge in [-0.05, 0) is 30.7 Å². The number of rotatable bonds is 12. The molecule has 0 aromatic heterocycles. The Morgan fingerprint density at radius 2 is 1.91 bits per heavy atom. The number of hydrogen-bond donors (Lipinski definition) is 1. The minimum atomic E-state index is -0.342. The first-order valence-electron chi connectivity index (χ1n) is 7.59. The van der Waals surface area contributed by atoms with Crippen LogP contribution >= 0.6 is 0 Å². The molecule has 0 aliphatic heterocycles. The quantitative estimate of drug-likeness (QED) is 0.365. The normalized spacial score (nSPS) is 10.0. The van der Waals surface area contributed by atoms with Gasteiger partial charge in [-0.1, -0.05) is 19.9 Å². The molecular weight excluding hydrogens is 282 g/mol. The van der Waals surface area contributed by atoms with Crippen molar-refractivity contribution in [2.45, 2.75) is 19.8 Å². The lowest BCUT2D eigenvalue weighted by molar-refractivity contribution is 0.0246. The molecule has 0 atom stereocenters. The third kappa shape index (κ3) is 7.69. The van der Waals surface area contributed by atoms with Crippen LogP contribution in [-0.2, 0) is 14.2 Å². The van der Waals surface area contributed by atoms with Crippen molar-refractivity contribution in [3.63, 3.8) is 0 Å². The summed E-state index contributed by atoms with van der Waals surface area (Å²) in [5.41, 5.74) is 1.55. The van der Waals surface area contributed by atoms with Crippen LogP contribution in [0.2, 0.25) is 0 Å². The first-order valence-corrected chi connectivity index (χ1v) is 7.59. The van der Waals surface area contributed by atoms with Gasteiger partial charge in [0.2, 0.25) is 0 Å². The molecule has 1 aromatic carbocycles. The van der Waals surface area contributed by atoms with E-state index < -0.39 is 0 Å². The molecule has 0 saturated heterocycles. The minimum Gasteiger partial charge on any atom is -0.499 e. The van der Waals surface area contributed by atoms with E-state index in [9.17, 15) is 4.79 Å². The average Bonchev–Trinajstić information content (AvgIpc) is 2.55. The molecule has 0 spiro atoms. The third-order valence-electron chi connectivity index (χ3n) is 2.90. The number of ether oxygens (including phenoxy) is 3. The topological polar surface area (TPSA) is 56.8 Å². The fraction of sp³-hybridized carbons (Fsp3) is 0.471. The molecule has 0 aliphatic rings. The minimum absolute atomic E-state index is 0.226. The number of esters is 1. The highest BCUT2D eigenvalue weighted by Gasteiger charge is 2.06. The summed E-state index contributed by atoms with van der Waals surface area (Å²) in [4.78, 5) is 11.8. The van der Waals surface area contributed by atoms with Gasteiger partial charge >= 0.3 is 5.97 Å². The Morgan fingerprint density at radius 1 is 1.18 bits per heavy atom. The highest BCUT2D eigenvalue weighted by molar-refractivity contribution is 5.89. The molecule has 1 aromatic rings. The fourth-order valence-electron chi connectivity index (χ4n) is 1.70. The van der Waals surface area contributed by atoms with Crippen LogP contribution in [0, 0.1) is 0 Å². The molecule has 0 amide bonds. The average molecular weight is 307 g/mol. The molecule has 0 heterocycles. The molecule has 1 N–H and O–H groups in total. The summed E-state index contributed by atoms with van der Waals surface area (Å²) < 4.78 is 15.3. The van der Waals surface area contributed by atoms with Gasteiger partial charge in [0.25, 0.3) is 0 Å². The second-order valence-electron chi connectivity index (χ2n) is 4.64. The highest BCUT2D eigenvalue weighted by Crippen LogP contribution is 2.10. The summed E-state index contributed by atoms with van der Waals surface area (Å²) in [6, 6.07) is 7.29. The van der Waals surface area contributed by atoms with Crippen LogP contribution in [0.4, 0.5) is 5.69 Å². The number of carbonyl (C=O) groups excluding carboxylic acids is 1. The Labute approximate surface area is 132 Å². The van der Waals surface area contributed by atoms with Gasteiger partial charge in [-0.2, -0.15) is 0 Å². The van der Waals surface area contributed by atoms with Crippen molar-refractivity contribution < 1.29 is 19.0 Å². The number of benzene rings is 1. The molecule has 1 rings (SSSR count). The van der Waals surface area contributed by atoms with Crippen LogP contribution < -0.4 is 5.32 Å². The summed E-state index contributed by atoms with van der Waals surface area (Å²) >= 11 is 0. The Bertz CT molecular complexity index is 431. The van der Waals surface area contributed by atoms with Crippen molar-refractivity contribution in [1.29, 1.82) is 0 Å². The smallest absolute Gasteiger partial charge is 0.338 e. The molecular formula is C17H25NO4. The predicted molar refractivity (Wildman–Crippen MR) is 87.1 cm³/mol. The number of hydrogen-bond acceptors (Lipinski definition) is 5. The van der Waals surface area contributed by atoms with Crippen LogP contribution in [0.25, 0.3) is 0 Å². The third-order valence-corrected chi connectivity index (χ3v) is 2.90. The molecule has 5 heteroatoms. The van der Waals surface area contributed by atoms with E-state index in [1.54, 1.807) is 12.1 Å². The van der Waals surface area contributed by atoms with Crippen molar-refractivity contribution in [3.8, 4) is 0 Å². The molecule has 0 radical (unpaired) electrons. The van der Waals surface area contributed by atoms with Crippen molar-refractivity contribution in [3.05, 3.63) is 42.7 Å². The van der Waals surface area contributed by atoms with Crippen LogP contribution in [0.15, 0.2) is 37.1 Å². The highest BCUT2D eigenvalue weighted by atomic mass is 16.6. The molecule has 22 heavy (non-hydrogen) atoms. The summed E-state index contributed by atoms with van der Waals surface area (Å²) in [5, 5.41) is 3.30. The van der Waals surface area contributed by atoms with Crippen molar-refractivity contribution in [2.75, 3.05) is 38.3 Å². The van der Waals surface area contributed by atoms with Gasteiger partial charge in [0.1, 0.15) is 13.2 Å². The monoisotopic (exact) mass is 307 g/mol. The number of nitrogens with one attached hydrogen (secondary N) is 1. The van der Waals surface area contributed by atoms with Gasteiger partial charge in [0, 0.05) is 12.2 Å². The molecule has 0 unspecified atom stereocenters. The van der Waals surface area contributed by atoms with E-state index in [1.165, 1.54) is 6.26 Å². The van der Waals surface area contributed by atoms with E-state index in [4.69, 9.17) is 14.2 Å². The first kappa shape index (κ1) is 18.0. The lowest BCUT2D eigenvalue weighted by Crippen LogP contribution is -2.12. The maximum Gasteiger partial charge on any atom is 0.338 e. The second kappa shape index (κ2) is 11.6. The van der Waals surface area contributed by atoms with Crippen molar-refractivity contribution in [1.82, 2.24) is 0 Å². The van der Waals surface area contributed by atoms with Crippen LogP contribution in [-0.4, -0.2) is 38.9 Å². The van der Waals surface area contributed by atoms with Gasteiger partial charge in [0.05, 0.1) is 25.0 Å². The van der Waals surface area contributed by atoms with E-state index in [2.05, 4.69) is 18.8 Å². The van der Waals surface area contributed by atoms with E-state index >= 15 is 0 Å². The molecule has 0 aliphatic carbocycles. The van der Waals surface area contributed by atoms with E-state index in [0.29, 0.717) is 25.4 Å². The fourth-order valence-corrected chi connectivity index (χ4v) is 1.70. The van der Waals surface area contributed by atoms with Gasteiger partial charge in [-0.3, -0.25) is 0 Å². The summed E-state index contributed by atoms with van der Waals surface area (Å²) in [6.07, 6.45) is 3.64. The molecule has 0 fully saturated rings. The van der Waals surface area contributed by atoms with Crippen molar-refractivity contribution >= 4 is 11.7 Å². The van der Waals surface area contributed by atoms with E-state index in [1.807, 2.05) is 12.1 Å². The van der Waals surface area contributed by atoms with Crippen LogP contribution in [0.1, 0.15) is 30.1 Å². The number of anilines is 1. The number of unbranched alkanes of at least 4 members (excludes halogenated alkanes) is 1. The molecule has 0 bridgehead atoms. The Balaban J connectivity index is 2.20. The lowest BCUT2D eigenvalue weighted by atomic mass is 10.2. The van der Waals surface area contributed by atoms with Gasteiger partial charge < -0.3 is 19.5 Å². The van der Waals surface area contributed by atoms with E-state index in [-0.39, 0.29) is 12.6 Å². The van der Waals surface area contributed by atoms with Crippen molar-refractivity contribution in [2.24, 2.45) is 0 Å². The summed E-state index contributed by atoms with van der Waals surface area (Å²) in [5.74, 6) is -0.342. The maximum atomic E-state index is 11.8. The standard InChI is InChI=1S/C17H25NO4/c1-3-5-10-18-16-8-6-15(7-9-16)17(19)22-14-13-21-12-11-20-4-2/h4,6-9,18H,2-3,5,10-14H2,1H3. The first-order chi connectivity index (χ1) is 10.8. The van der Waals surface area contributed by atoms with Gasteiger partial charge in [0.15, 0.2) is 0 Å². The predicted octanol–water partition coefficient (Wildman–Crippen LogP) is 3.23. The second-order valence-corrected chi connectivity index (χ2v) is 4.64. The zero-order valence-electron chi connectivity index (χ0n) is 13.2. The zero-order chi connectivity index (χ0) is 16.0. The van der Waals surface area contributed by atoms with Gasteiger partial charge in [-0.15, -0.1) is 0 Å². The molecule has 122 valence electrons. The SMILES string of the molecule is C=COCCOCCOC(=O)c1ccc(NCCCC)cc1. The summed E-state index contributed by atoms with van der Waals surface area (Å²) in [6.45, 7) is 7.98. The van der Waals surface area contributed by atoms with Crippen LogP contribution in [0.3, 0.4) is 0 Å². The zero-order valence-corrected chi connectivity index (χ0v) is 13.2. The van der Waals surface area contributed by atoms with E-state index in [0.717, 1.165) is 25.1 Å². The van der Waals surface area contributed by atoms with Crippen LogP contribution in [0.5, 0.6) is 0 Å². The Morgan fingerprint density at radius 3 is 2.59 bits per heavy atom. The maximum absolute atomic E-state index is 11.8. The molecule has 5 nitrogen and oxygen atoms in total. The summed E-state index contributed by atoms with van der Waals surface area (Å²) in [7, 11) is 0. The largest absolute Gasteiger partial charge is 0.499 e. The number of carbonyl (C=O) groups is 1. The molecule has 0 saturated carbocycles. The van der Waals surface area contributed by atoms with Gasteiger partial charge in [-0.25, -0.2) is 4.79 Å². The lowest BCUT2D eigenvalue weighted by Gasteiger charge is -2.08.